The second-order valence-corrected chi connectivity index (χ2v) is 10.2. The molecule has 1 aromatic carbocycles. The number of fused-ring (bicyclic) bond motifs is 1. The molecule has 3 aliphatic rings. The third-order valence-corrected chi connectivity index (χ3v) is 9.09. The van der Waals surface area contributed by atoms with Crippen LogP contribution >= 0.6 is 7.60 Å². The molecule has 1 saturated carbocycles. The normalized spacial score (nSPS) is 29.6. The average molecular weight is 432 g/mol. The van der Waals surface area contributed by atoms with Crippen molar-refractivity contribution >= 4 is 25.6 Å². The van der Waals surface area contributed by atoms with E-state index in [9.17, 15) is 14.2 Å². The fourth-order valence-corrected chi connectivity index (χ4v) is 7.60. The van der Waals surface area contributed by atoms with Gasteiger partial charge in [0.2, 0.25) is 11.8 Å². The zero-order chi connectivity index (χ0) is 21.4. The molecule has 2 amide bonds. The lowest BCUT2D eigenvalue weighted by Gasteiger charge is -2.38. The van der Waals surface area contributed by atoms with Gasteiger partial charge < -0.3 is 9.05 Å². The SMILES string of the molecule is CCOP(=O)(OCC)[C@]1(c2ccccc2)N=C[C@H]2C(=O)N(C3CCCCC3)C(=O)[C@H]21. The van der Waals surface area contributed by atoms with E-state index in [1.54, 1.807) is 26.0 Å². The minimum atomic E-state index is -3.92. The number of hydrogen-bond donors (Lipinski definition) is 0. The highest BCUT2D eigenvalue weighted by Gasteiger charge is 2.70. The first-order valence-electron chi connectivity index (χ1n) is 10.9. The number of likely N-dealkylation sites (tertiary alicyclic amines) is 1. The Balaban J connectivity index is 1.84. The summed E-state index contributed by atoms with van der Waals surface area (Å²) in [6, 6.07) is 8.93. The van der Waals surface area contributed by atoms with Crippen LogP contribution in [0.4, 0.5) is 0 Å². The van der Waals surface area contributed by atoms with Crippen LogP contribution in [0.15, 0.2) is 35.3 Å². The highest BCUT2D eigenvalue weighted by molar-refractivity contribution is 7.55. The van der Waals surface area contributed by atoms with Crippen LogP contribution in [-0.2, 0) is 28.5 Å². The Hall–Kier alpha value is -1.82. The Morgan fingerprint density at radius 3 is 2.27 bits per heavy atom. The fourth-order valence-electron chi connectivity index (χ4n) is 5.17. The standard InChI is InChI=1S/C22H29N2O5P/c1-3-28-30(27,29-4-2)22(16-11-7-5-8-12-16)19-18(15-23-22)20(25)24(21(19)26)17-13-9-6-10-14-17/h5,7-8,11-12,15,17-19H,3-4,6,9-10,13-14H2,1-2H3/t18-,19+,22+/m1/s1. The van der Waals surface area contributed by atoms with Crippen LogP contribution in [0, 0.1) is 11.8 Å². The zero-order valence-corrected chi connectivity index (χ0v) is 18.4. The molecule has 2 fully saturated rings. The first-order valence-corrected chi connectivity index (χ1v) is 12.4. The van der Waals surface area contributed by atoms with Gasteiger partial charge in [0.1, 0.15) is 0 Å². The van der Waals surface area contributed by atoms with Gasteiger partial charge in [-0.25, -0.2) is 0 Å². The van der Waals surface area contributed by atoms with Gasteiger partial charge in [-0.1, -0.05) is 49.6 Å². The zero-order valence-electron chi connectivity index (χ0n) is 17.5. The van der Waals surface area contributed by atoms with Gasteiger partial charge in [-0.3, -0.25) is 24.0 Å². The molecule has 1 aliphatic carbocycles. The van der Waals surface area contributed by atoms with E-state index in [0.29, 0.717) is 5.56 Å². The van der Waals surface area contributed by atoms with E-state index in [4.69, 9.17) is 9.05 Å². The summed E-state index contributed by atoms with van der Waals surface area (Å²) < 4.78 is 25.6. The van der Waals surface area contributed by atoms with Crippen LogP contribution in [0.1, 0.15) is 51.5 Å². The highest BCUT2D eigenvalue weighted by atomic mass is 31.2. The molecule has 4 rings (SSSR count). The van der Waals surface area contributed by atoms with E-state index in [1.165, 1.54) is 11.1 Å². The number of carbonyl (C=O) groups is 2. The molecular formula is C22H29N2O5P. The van der Waals surface area contributed by atoms with E-state index in [2.05, 4.69) is 4.99 Å². The van der Waals surface area contributed by atoms with Crippen molar-refractivity contribution in [1.82, 2.24) is 4.90 Å². The molecule has 0 radical (unpaired) electrons. The van der Waals surface area contributed by atoms with Crippen LogP contribution in [-0.4, -0.2) is 42.2 Å². The van der Waals surface area contributed by atoms with Crippen molar-refractivity contribution in [2.24, 2.45) is 16.8 Å². The molecule has 0 aromatic heterocycles. The maximum Gasteiger partial charge on any atom is 0.363 e. The second-order valence-electron chi connectivity index (χ2n) is 8.05. The molecule has 2 heterocycles. The van der Waals surface area contributed by atoms with Crippen molar-refractivity contribution in [3.63, 3.8) is 0 Å². The molecule has 7 nitrogen and oxygen atoms in total. The topological polar surface area (TPSA) is 85.3 Å². The van der Waals surface area contributed by atoms with Crippen molar-refractivity contribution in [2.75, 3.05) is 13.2 Å². The summed E-state index contributed by atoms with van der Waals surface area (Å²) in [6.45, 7) is 3.76. The van der Waals surface area contributed by atoms with Crippen LogP contribution in [0.2, 0.25) is 0 Å². The van der Waals surface area contributed by atoms with Crippen molar-refractivity contribution < 1.29 is 23.2 Å². The lowest BCUT2D eigenvalue weighted by atomic mass is 9.87. The van der Waals surface area contributed by atoms with Crippen molar-refractivity contribution in [3.8, 4) is 0 Å². The Bertz CT molecular complexity index is 873. The van der Waals surface area contributed by atoms with Gasteiger partial charge in [-0.05, 0) is 32.3 Å². The number of benzene rings is 1. The average Bonchev–Trinajstić information content (AvgIpc) is 3.28. The molecule has 0 spiro atoms. The Kier molecular flexibility index (Phi) is 5.97. The minimum absolute atomic E-state index is 0.0928. The van der Waals surface area contributed by atoms with Gasteiger partial charge in [-0.2, -0.15) is 0 Å². The molecule has 0 N–H and O–H groups in total. The van der Waals surface area contributed by atoms with E-state index in [0.717, 1.165) is 32.1 Å². The summed E-state index contributed by atoms with van der Waals surface area (Å²) in [4.78, 5) is 33.1. The number of aliphatic imine (C=N–C) groups is 1. The molecule has 0 unspecified atom stereocenters. The molecule has 162 valence electrons. The van der Waals surface area contributed by atoms with Crippen molar-refractivity contribution in [1.29, 1.82) is 0 Å². The van der Waals surface area contributed by atoms with Crippen LogP contribution < -0.4 is 0 Å². The lowest BCUT2D eigenvalue weighted by Crippen LogP contribution is -2.44. The predicted molar refractivity (Wildman–Crippen MR) is 113 cm³/mol. The summed E-state index contributed by atoms with van der Waals surface area (Å²) in [5.74, 6) is -2.21. The monoisotopic (exact) mass is 432 g/mol. The second kappa shape index (κ2) is 8.37. The van der Waals surface area contributed by atoms with Gasteiger partial charge in [0.05, 0.1) is 25.0 Å². The van der Waals surface area contributed by atoms with Gasteiger partial charge in [0.15, 0.2) is 5.28 Å². The summed E-state index contributed by atoms with van der Waals surface area (Å²) in [5, 5.41) is -1.55. The molecule has 30 heavy (non-hydrogen) atoms. The number of imide groups is 1. The third-order valence-electron chi connectivity index (χ3n) is 6.40. The van der Waals surface area contributed by atoms with Gasteiger partial charge in [0.25, 0.3) is 0 Å². The first-order chi connectivity index (χ1) is 14.5. The third kappa shape index (κ3) is 3.10. The lowest BCUT2D eigenvalue weighted by molar-refractivity contribution is -0.143. The number of amides is 2. The van der Waals surface area contributed by atoms with E-state index < -0.39 is 24.7 Å². The summed E-state index contributed by atoms with van der Waals surface area (Å²) in [5.41, 5.74) is 0.575. The molecule has 1 aromatic rings. The summed E-state index contributed by atoms with van der Waals surface area (Å²) in [6.07, 6.45) is 6.28. The Morgan fingerprint density at radius 1 is 1.03 bits per heavy atom. The Morgan fingerprint density at radius 2 is 1.67 bits per heavy atom. The predicted octanol–water partition coefficient (Wildman–Crippen LogP) is 4.12. The number of carbonyl (C=O) groups excluding carboxylic acids is 2. The quantitative estimate of drug-likeness (QED) is 0.478. The number of hydrogen-bond acceptors (Lipinski definition) is 6. The molecule has 3 atom stereocenters. The maximum absolute atomic E-state index is 14.2. The number of nitrogens with zero attached hydrogens (tertiary/aromatic N) is 2. The molecule has 2 aliphatic heterocycles. The maximum atomic E-state index is 14.2. The molecule has 0 bridgehead atoms. The molecule has 8 heteroatoms. The Labute approximate surface area is 177 Å². The largest absolute Gasteiger partial charge is 0.363 e. The summed E-state index contributed by atoms with van der Waals surface area (Å²) >= 11 is 0. The van der Waals surface area contributed by atoms with Crippen molar-refractivity contribution in [2.45, 2.75) is 57.3 Å². The van der Waals surface area contributed by atoms with E-state index in [1.807, 2.05) is 18.2 Å². The molecular weight excluding hydrogens is 403 g/mol. The highest BCUT2D eigenvalue weighted by Crippen LogP contribution is 2.72. The van der Waals surface area contributed by atoms with Crippen LogP contribution in [0.5, 0.6) is 0 Å². The van der Waals surface area contributed by atoms with Gasteiger partial charge in [-0.15, -0.1) is 0 Å². The van der Waals surface area contributed by atoms with Crippen LogP contribution in [0.25, 0.3) is 0 Å². The van der Waals surface area contributed by atoms with Crippen LogP contribution in [0.3, 0.4) is 0 Å². The van der Waals surface area contributed by atoms with E-state index >= 15 is 0 Å². The first kappa shape index (κ1) is 21.4. The van der Waals surface area contributed by atoms with Crippen molar-refractivity contribution in [3.05, 3.63) is 35.9 Å². The molecule has 1 saturated heterocycles. The smallest absolute Gasteiger partial charge is 0.307 e. The van der Waals surface area contributed by atoms with Gasteiger partial charge >= 0.3 is 7.60 Å². The summed E-state index contributed by atoms with van der Waals surface area (Å²) in [7, 11) is -3.92. The van der Waals surface area contributed by atoms with Gasteiger partial charge in [0, 0.05) is 12.3 Å². The fraction of sp³-hybridized carbons (Fsp3) is 0.591. The minimum Gasteiger partial charge on any atom is -0.307 e. The number of rotatable bonds is 7. The van der Waals surface area contributed by atoms with E-state index in [-0.39, 0.29) is 31.1 Å².